The second kappa shape index (κ2) is 5.95. The topological polar surface area (TPSA) is 165 Å². The van der Waals surface area contributed by atoms with E-state index < -0.39 is 44.5 Å². The van der Waals surface area contributed by atoms with Gasteiger partial charge in [-0.25, -0.2) is 4.79 Å². The van der Waals surface area contributed by atoms with Crippen LogP contribution in [0.25, 0.3) is 0 Å². The van der Waals surface area contributed by atoms with Crippen LogP contribution in [0.5, 0.6) is 0 Å². The summed E-state index contributed by atoms with van der Waals surface area (Å²) < 4.78 is 7.00. The fourth-order valence-electron chi connectivity index (χ4n) is 1.51. The van der Waals surface area contributed by atoms with Crippen molar-refractivity contribution in [3.8, 4) is 0 Å². The molecule has 2 N–H and O–H groups in total. The van der Waals surface area contributed by atoms with E-state index in [-0.39, 0.29) is 5.69 Å². The van der Waals surface area contributed by atoms with Gasteiger partial charge in [-0.2, -0.15) is 0 Å². The maximum absolute atomic E-state index is 11.6. The van der Waals surface area contributed by atoms with Gasteiger partial charge in [-0.1, -0.05) is 0 Å². The molecule has 0 bridgehead atoms. The first-order valence-corrected chi connectivity index (χ1v) is 6.40. The van der Waals surface area contributed by atoms with Crippen LogP contribution < -0.4 is 4.72 Å². The van der Waals surface area contributed by atoms with E-state index in [1.54, 1.807) is 0 Å². The number of hydrogen-bond acceptors (Lipinski definition) is 9. The molecule has 1 aromatic carbocycles. The lowest BCUT2D eigenvalue weighted by Crippen LogP contribution is -2.14. The quantitative estimate of drug-likeness (QED) is 0.332. The van der Waals surface area contributed by atoms with E-state index in [1.807, 2.05) is 0 Å². The lowest BCUT2D eigenvalue weighted by atomic mass is 10.2. The Kier molecular flexibility index (Phi) is 4.23. The van der Waals surface area contributed by atoms with E-state index in [2.05, 4.69) is 9.46 Å². The Morgan fingerprint density at radius 1 is 1.23 bits per heavy atom. The van der Waals surface area contributed by atoms with Crippen LogP contribution in [0.3, 0.4) is 0 Å². The first kappa shape index (κ1) is 15.7. The van der Waals surface area contributed by atoms with Gasteiger partial charge >= 0.3 is 5.97 Å². The second-order valence-corrected chi connectivity index (χ2v) is 4.86. The van der Waals surface area contributed by atoms with Gasteiger partial charge in [0.15, 0.2) is 12.2 Å². The van der Waals surface area contributed by atoms with Crippen molar-refractivity contribution >= 4 is 40.1 Å². The summed E-state index contributed by atoms with van der Waals surface area (Å²) in [4.78, 5) is 41.9. The van der Waals surface area contributed by atoms with Gasteiger partial charge < -0.3 is 14.6 Å². The van der Waals surface area contributed by atoms with Gasteiger partial charge in [0, 0.05) is 18.0 Å². The molecule has 0 amide bonds. The molecule has 1 fully saturated rings. The van der Waals surface area contributed by atoms with E-state index in [0.717, 1.165) is 18.2 Å². The number of ether oxygens (including phenoxy) is 1. The molecule has 1 heterocycles. The fraction of sp³-hybridized carbons (Fsp3) is 0.200. The Balaban J connectivity index is 2.07. The second-order valence-electron chi connectivity index (χ2n) is 4.05. The molecule has 1 aliphatic rings. The number of epoxide rings is 1. The van der Waals surface area contributed by atoms with Gasteiger partial charge in [-0.15, -0.1) is 0 Å². The van der Waals surface area contributed by atoms with E-state index in [0.29, 0.717) is 11.9 Å². The summed E-state index contributed by atoms with van der Waals surface area (Å²) in [7, 11) is 0. The summed E-state index contributed by atoms with van der Waals surface area (Å²) in [5.74, 6) is -1.28. The van der Waals surface area contributed by atoms with Gasteiger partial charge in [0.1, 0.15) is 5.69 Å². The molecular weight excluding hydrogens is 322 g/mol. The lowest BCUT2D eigenvalue weighted by Gasteiger charge is -2.04. The van der Waals surface area contributed by atoms with Crippen LogP contribution in [0.2, 0.25) is 0 Å². The predicted octanol–water partition coefficient (Wildman–Crippen LogP) is 0.942. The highest BCUT2D eigenvalue weighted by Crippen LogP contribution is 2.33. The normalized spacial score (nSPS) is 19.3. The van der Waals surface area contributed by atoms with Gasteiger partial charge in [0.05, 0.1) is 15.9 Å². The predicted molar refractivity (Wildman–Crippen MR) is 72.3 cm³/mol. The minimum atomic E-state index is -1.28. The summed E-state index contributed by atoms with van der Waals surface area (Å²) in [5.41, 5.74) is -1.17. The smallest absolute Gasteiger partial charge is 0.336 e. The maximum Gasteiger partial charge on any atom is 0.336 e. The van der Waals surface area contributed by atoms with Gasteiger partial charge in [-0.3, -0.25) is 25.0 Å². The van der Waals surface area contributed by atoms with Gasteiger partial charge in [-0.05, 0) is 6.07 Å². The van der Waals surface area contributed by atoms with Crippen molar-refractivity contribution < 1.29 is 29.3 Å². The Labute approximate surface area is 125 Å². The molecule has 1 aliphatic heterocycles. The Hall–Kier alpha value is -2.73. The van der Waals surface area contributed by atoms with Crippen LogP contribution in [-0.2, 0) is 14.3 Å². The molecule has 11 nitrogen and oxygen atoms in total. The molecule has 1 saturated heterocycles. The monoisotopic (exact) mass is 329 g/mol. The number of carbonyl (C=O) groups excluding carboxylic acids is 1. The first-order valence-electron chi connectivity index (χ1n) is 5.59. The molecule has 0 aromatic heterocycles. The number of anilines is 1. The van der Waals surface area contributed by atoms with Crippen LogP contribution in [0, 0.1) is 20.2 Å². The number of carboxylic acids is 1. The van der Waals surface area contributed by atoms with Crippen molar-refractivity contribution in [2.24, 2.45) is 0 Å². The van der Waals surface area contributed by atoms with E-state index in [4.69, 9.17) is 5.11 Å². The van der Waals surface area contributed by atoms with Crippen LogP contribution in [0.1, 0.15) is 0 Å². The number of aliphatic carboxylic acids is 1. The Bertz CT molecular complexity index is 678. The van der Waals surface area contributed by atoms with Crippen molar-refractivity contribution in [2.45, 2.75) is 12.2 Å². The zero-order chi connectivity index (χ0) is 16.4. The average Bonchev–Trinajstić information content (AvgIpc) is 3.24. The van der Waals surface area contributed by atoms with Crippen LogP contribution in [0.15, 0.2) is 18.2 Å². The third kappa shape index (κ3) is 3.29. The minimum Gasteiger partial charge on any atom is -0.479 e. The van der Waals surface area contributed by atoms with Crippen LogP contribution in [-0.4, -0.2) is 38.2 Å². The number of nitro benzene ring substituents is 2. The summed E-state index contributed by atoms with van der Waals surface area (Å²) in [5, 5.41) is 29.4. The molecule has 0 radical (unpaired) electrons. The van der Waals surface area contributed by atoms with E-state index in [1.165, 1.54) is 0 Å². The van der Waals surface area contributed by atoms with Crippen LogP contribution >= 0.6 is 11.9 Å². The van der Waals surface area contributed by atoms with Crippen molar-refractivity contribution in [1.82, 2.24) is 0 Å². The van der Waals surface area contributed by atoms with Crippen molar-refractivity contribution in [1.29, 1.82) is 0 Å². The van der Waals surface area contributed by atoms with Crippen LogP contribution in [0.4, 0.5) is 17.1 Å². The first-order chi connectivity index (χ1) is 10.3. The molecule has 2 rings (SSSR count). The highest BCUT2D eigenvalue weighted by atomic mass is 32.2. The molecule has 2 unspecified atom stereocenters. The molecule has 12 heteroatoms. The number of nitrogens with one attached hydrogen (secondary N) is 1. The lowest BCUT2D eigenvalue weighted by molar-refractivity contribution is -0.393. The summed E-state index contributed by atoms with van der Waals surface area (Å²) in [6.07, 6.45) is -2.33. The third-order valence-corrected chi connectivity index (χ3v) is 3.37. The molecule has 22 heavy (non-hydrogen) atoms. The summed E-state index contributed by atoms with van der Waals surface area (Å²) >= 11 is 0.416. The SMILES string of the molecule is O=C(O)C1OC1C(=O)SNc1ccc([N+](=O)[O-])cc1[N+](=O)[O-]. The maximum atomic E-state index is 11.6. The number of hydrogen-bond donors (Lipinski definition) is 2. The summed E-state index contributed by atoms with van der Waals surface area (Å²) in [6.45, 7) is 0. The minimum absolute atomic E-state index is 0.124. The van der Waals surface area contributed by atoms with Gasteiger partial charge in [0.25, 0.3) is 11.4 Å². The van der Waals surface area contributed by atoms with E-state index in [9.17, 15) is 29.8 Å². The molecule has 2 atom stereocenters. The third-order valence-electron chi connectivity index (χ3n) is 2.62. The molecule has 0 spiro atoms. The standard InChI is InChI=1S/C10H7N3O8S/c14-9(15)7-8(21-7)10(16)22-11-5-2-1-4(12(17)18)3-6(5)13(19)20/h1-3,7-8,11H,(H,14,15). The summed E-state index contributed by atoms with van der Waals surface area (Å²) in [6, 6.07) is 2.87. The number of non-ortho nitro benzene ring substituents is 1. The number of carbonyl (C=O) groups is 2. The van der Waals surface area contributed by atoms with E-state index >= 15 is 0 Å². The molecule has 1 aromatic rings. The number of carboxylic acid groups (broad SMARTS) is 1. The molecule has 0 saturated carbocycles. The zero-order valence-electron chi connectivity index (χ0n) is 10.5. The molecule has 116 valence electrons. The molecule has 0 aliphatic carbocycles. The molecular formula is C10H7N3O8S. The number of benzene rings is 1. The zero-order valence-corrected chi connectivity index (χ0v) is 11.3. The largest absolute Gasteiger partial charge is 0.479 e. The number of nitrogens with zero attached hydrogens (tertiary/aromatic N) is 2. The number of rotatable bonds is 6. The van der Waals surface area contributed by atoms with Crippen molar-refractivity contribution in [2.75, 3.05) is 4.72 Å². The average molecular weight is 329 g/mol. The Morgan fingerprint density at radius 2 is 1.91 bits per heavy atom. The Morgan fingerprint density at radius 3 is 2.41 bits per heavy atom. The highest BCUT2D eigenvalue weighted by molar-refractivity contribution is 8.14. The highest BCUT2D eigenvalue weighted by Gasteiger charge is 2.50. The van der Waals surface area contributed by atoms with Crippen molar-refractivity contribution in [3.05, 3.63) is 38.4 Å². The van der Waals surface area contributed by atoms with Gasteiger partial charge in [0.2, 0.25) is 5.12 Å². The number of nitro groups is 2. The fourth-order valence-corrected chi connectivity index (χ4v) is 2.19. The van der Waals surface area contributed by atoms with Crippen molar-refractivity contribution in [3.63, 3.8) is 0 Å².